The van der Waals surface area contributed by atoms with Crippen LogP contribution in [0.15, 0.2) is 18.2 Å². The van der Waals surface area contributed by atoms with E-state index in [0.29, 0.717) is 6.61 Å². The van der Waals surface area contributed by atoms with Gasteiger partial charge in [0.25, 0.3) is 5.91 Å². The fraction of sp³-hybridized carbons (Fsp3) is 0.500. The van der Waals surface area contributed by atoms with Crippen LogP contribution in [-0.2, 0) is 24.7 Å². The second kappa shape index (κ2) is 5.37. The number of methoxy groups -OCH3 is 1. The van der Waals surface area contributed by atoms with Gasteiger partial charge in [-0.05, 0) is 19.4 Å². The molecule has 4 atom stereocenters. The molecule has 4 rings (SSSR count). The van der Waals surface area contributed by atoms with Gasteiger partial charge in [-0.2, -0.15) is 0 Å². The van der Waals surface area contributed by atoms with E-state index in [9.17, 15) is 14.4 Å². The van der Waals surface area contributed by atoms with Crippen LogP contribution in [0.25, 0.3) is 0 Å². The Labute approximate surface area is 145 Å². The van der Waals surface area contributed by atoms with E-state index in [2.05, 4.69) is 5.32 Å². The van der Waals surface area contributed by atoms with Gasteiger partial charge in [-0.3, -0.25) is 19.3 Å². The number of quaternary nitrogens is 1. The summed E-state index contributed by atoms with van der Waals surface area (Å²) < 4.78 is 5.03. The van der Waals surface area contributed by atoms with Crippen LogP contribution in [0.4, 0.5) is 5.69 Å². The average Bonchev–Trinajstić information content (AvgIpc) is 3.13. The summed E-state index contributed by atoms with van der Waals surface area (Å²) in [7, 11) is 1.53. The van der Waals surface area contributed by atoms with Crippen molar-refractivity contribution in [3.8, 4) is 0 Å². The number of carbonyl (C=O) groups excluding carboxylic acids is 3. The maximum atomic E-state index is 13.1. The highest BCUT2D eigenvalue weighted by Crippen LogP contribution is 2.49. The summed E-state index contributed by atoms with van der Waals surface area (Å²) in [6, 6.07) is 5.57. The summed E-state index contributed by atoms with van der Waals surface area (Å²) in [5.41, 5.74) is 1.49. The molecule has 2 saturated heterocycles. The Bertz CT molecular complexity index is 793. The van der Waals surface area contributed by atoms with Gasteiger partial charge in [0.2, 0.25) is 17.4 Å². The molecule has 3 amide bonds. The Morgan fingerprint density at radius 3 is 2.76 bits per heavy atom. The van der Waals surface area contributed by atoms with Gasteiger partial charge in [-0.15, -0.1) is 0 Å². The summed E-state index contributed by atoms with van der Waals surface area (Å²) in [5, 5.41) is 4.86. The van der Waals surface area contributed by atoms with E-state index < -0.39 is 17.4 Å². The van der Waals surface area contributed by atoms with Gasteiger partial charge in [-0.1, -0.05) is 18.2 Å². The van der Waals surface area contributed by atoms with Gasteiger partial charge >= 0.3 is 0 Å². The molecule has 2 fully saturated rings. The molecule has 3 aliphatic rings. The van der Waals surface area contributed by atoms with Crippen molar-refractivity contribution >= 4 is 23.4 Å². The first-order valence-corrected chi connectivity index (χ1v) is 8.55. The highest BCUT2D eigenvalue weighted by Gasteiger charge is 2.73. The highest BCUT2D eigenvalue weighted by molar-refractivity contribution is 6.14. The zero-order chi connectivity index (χ0) is 17.9. The van der Waals surface area contributed by atoms with E-state index >= 15 is 0 Å². The molecule has 0 unspecified atom stereocenters. The van der Waals surface area contributed by atoms with E-state index in [0.717, 1.165) is 16.8 Å². The predicted octanol–water partition coefficient (Wildman–Crippen LogP) is -0.644. The lowest BCUT2D eigenvalue weighted by molar-refractivity contribution is -0.730. The molecule has 132 valence electrons. The van der Waals surface area contributed by atoms with E-state index in [1.54, 1.807) is 0 Å². The lowest BCUT2D eigenvalue weighted by atomic mass is 9.76. The summed E-state index contributed by atoms with van der Waals surface area (Å²) in [4.78, 5) is 40.2. The van der Waals surface area contributed by atoms with Gasteiger partial charge in [0, 0.05) is 12.7 Å². The van der Waals surface area contributed by atoms with Crippen LogP contribution in [0.5, 0.6) is 0 Å². The molecule has 1 spiro atoms. The third-order valence-corrected chi connectivity index (χ3v) is 5.88. The van der Waals surface area contributed by atoms with Crippen molar-refractivity contribution in [2.45, 2.75) is 25.4 Å². The molecule has 0 bridgehead atoms. The number of anilines is 1. The first kappa shape index (κ1) is 16.2. The lowest BCUT2D eigenvalue weighted by Gasteiger charge is -2.25. The van der Waals surface area contributed by atoms with Crippen molar-refractivity contribution in [1.82, 2.24) is 4.90 Å². The average molecular weight is 344 g/mol. The quantitative estimate of drug-likeness (QED) is 0.713. The molecule has 25 heavy (non-hydrogen) atoms. The van der Waals surface area contributed by atoms with Crippen molar-refractivity contribution < 1.29 is 24.4 Å². The number of fused-ring (bicyclic) bond motifs is 4. The molecule has 3 aliphatic heterocycles. The van der Waals surface area contributed by atoms with Crippen molar-refractivity contribution in [2.75, 3.05) is 25.6 Å². The molecule has 7 nitrogen and oxygen atoms in total. The van der Waals surface area contributed by atoms with Gasteiger partial charge in [0.05, 0.1) is 24.9 Å². The number of nitrogens with two attached hydrogens (primary N) is 1. The van der Waals surface area contributed by atoms with Gasteiger partial charge < -0.3 is 15.4 Å². The predicted molar refractivity (Wildman–Crippen MR) is 88.5 cm³/mol. The number of nitrogens with zero attached hydrogens (tertiary/aromatic N) is 1. The number of para-hydroxylation sites is 1. The number of rotatable bonds is 3. The number of ether oxygens (including phenoxy) is 1. The summed E-state index contributed by atoms with van der Waals surface area (Å²) in [5.74, 6) is -1.82. The Morgan fingerprint density at radius 1 is 1.28 bits per heavy atom. The molecule has 3 heterocycles. The molecule has 1 aromatic carbocycles. The van der Waals surface area contributed by atoms with Crippen LogP contribution in [0, 0.1) is 18.8 Å². The monoisotopic (exact) mass is 344 g/mol. The van der Waals surface area contributed by atoms with Crippen LogP contribution in [0.1, 0.15) is 18.1 Å². The molecule has 1 aromatic rings. The number of amides is 3. The Hall–Kier alpha value is -2.25. The number of aryl methyl sites for hydroxylation is 1. The lowest BCUT2D eigenvalue weighted by Crippen LogP contribution is -2.98. The van der Waals surface area contributed by atoms with Crippen molar-refractivity contribution in [3.05, 3.63) is 29.3 Å². The van der Waals surface area contributed by atoms with E-state index in [1.807, 2.05) is 37.4 Å². The zero-order valence-electron chi connectivity index (χ0n) is 14.5. The standard InChI is InChI=1S/C18H21N3O4/c1-9-5-4-6-11-14(9)19-17(24)18(11)13-12(10(2)20-18)15(22)21(16(13)23)7-8-25-3/h4-6,10,12-13,20H,7-8H2,1-3H3,(H,19,24)/p+1/t10-,12-,13+,18-/m1/s1. The fourth-order valence-corrected chi connectivity index (χ4v) is 4.78. The number of likely N-dealkylation sites (tertiary alicyclic amines) is 1. The van der Waals surface area contributed by atoms with Crippen LogP contribution in [0.3, 0.4) is 0 Å². The molecular formula is C18H22N3O4+. The van der Waals surface area contributed by atoms with Crippen LogP contribution in [0.2, 0.25) is 0 Å². The Balaban J connectivity index is 1.84. The fourth-order valence-electron chi connectivity index (χ4n) is 4.78. The van der Waals surface area contributed by atoms with E-state index in [-0.39, 0.29) is 30.3 Å². The smallest absolute Gasteiger partial charge is 0.291 e. The first-order valence-electron chi connectivity index (χ1n) is 8.55. The van der Waals surface area contributed by atoms with E-state index in [1.165, 1.54) is 12.0 Å². The molecule has 0 aliphatic carbocycles. The van der Waals surface area contributed by atoms with E-state index in [4.69, 9.17) is 4.74 Å². The molecule has 0 radical (unpaired) electrons. The number of benzene rings is 1. The number of imide groups is 1. The second-order valence-electron chi connectivity index (χ2n) is 7.17. The normalized spacial score (nSPS) is 33.2. The number of nitrogens with one attached hydrogen (secondary N) is 1. The van der Waals surface area contributed by atoms with Gasteiger partial charge in [0.15, 0.2) is 0 Å². The maximum Gasteiger partial charge on any atom is 0.291 e. The third kappa shape index (κ3) is 1.90. The molecule has 0 aromatic heterocycles. The van der Waals surface area contributed by atoms with Crippen LogP contribution < -0.4 is 10.6 Å². The largest absolute Gasteiger partial charge is 0.383 e. The Kier molecular flexibility index (Phi) is 3.49. The number of hydrogen-bond acceptors (Lipinski definition) is 4. The maximum absolute atomic E-state index is 13.1. The van der Waals surface area contributed by atoms with Crippen molar-refractivity contribution in [3.63, 3.8) is 0 Å². The summed E-state index contributed by atoms with van der Waals surface area (Å²) in [6.45, 7) is 4.37. The minimum atomic E-state index is -1.06. The Morgan fingerprint density at radius 2 is 2.04 bits per heavy atom. The van der Waals surface area contributed by atoms with Crippen LogP contribution in [-0.4, -0.2) is 48.9 Å². The first-order chi connectivity index (χ1) is 11.9. The number of carbonyl (C=O) groups is 3. The van der Waals surface area contributed by atoms with Crippen LogP contribution >= 0.6 is 0 Å². The van der Waals surface area contributed by atoms with Gasteiger partial charge in [-0.25, -0.2) is 0 Å². The van der Waals surface area contributed by atoms with Crippen molar-refractivity contribution in [1.29, 1.82) is 0 Å². The minimum Gasteiger partial charge on any atom is -0.383 e. The topological polar surface area (TPSA) is 92.3 Å². The van der Waals surface area contributed by atoms with Gasteiger partial charge in [0.1, 0.15) is 11.8 Å². The molecule has 3 N–H and O–H groups in total. The minimum absolute atomic E-state index is 0.147. The third-order valence-electron chi connectivity index (χ3n) is 5.88. The molecule has 7 heteroatoms. The summed E-state index contributed by atoms with van der Waals surface area (Å²) in [6.07, 6.45) is 0. The summed E-state index contributed by atoms with van der Waals surface area (Å²) >= 11 is 0. The molecule has 0 saturated carbocycles. The second-order valence-corrected chi connectivity index (χ2v) is 7.17. The molecular weight excluding hydrogens is 322 g/mol. The zero-order valence-corrected chi connectivity index (χ0v) is 14.5. The highest BCUT2D eigenvalue weighted by atomic mass is 16.5. The number of hydrogen-bond donors (Lipinski definition) is 2. The SMILES string of the molecule is COCCN1C(=O)[C@H]2[C@@H](C1=O)[C@@]1([NH2+][C@@H]2C)C(=O)Nc2c(C)cccc21. The van der Waals surface area contributed by atoms with Crippen molar-refractivity contribution in [2.24, 2.45) is 11.8 Å².